The van der Waals surface area contributed by atoms with Crippen molar-refractivity contribution < 1.29 is 19.4 Å². The van der Waals surface area contributed by atoms with Crippen LogP contribution in [0.2, 0.25) is 0 Å². The molecule has 0 saturated carbocycles. The van der Waals surface area contributed by atoms with Crippen LogP contribution in [0.3, 0.4) is 0 Å². The van der Waals surface area contributed by atoms with Gasteiger partial charge in [-0.25, -0.2) is 0 Å². The molecule has 0 radical (unpaired) electrons. The normalized spacial score (nSPS) is 24.8. The van der Waals surface area contributed by atoms with E-state index in [1.165, 1.54) is 16.7 Å². The molecular weight excluding hydrogens is 430 g/mol. The van der Waals surface area contributed by atoms with Gasteiger partial charge in [-0.1, -0.05) is 72.5 Å². The molecule has 0 bridgehead atoms. The van der Waals surface area contributed by atoms with Crippen LogP contribution in [-0.2, 0) is 14.3 Å². The Morgan fingerprint density at radius 3 is 2.97 bits per heavy atom. The summed E-state index contributed by atoms with van der Waals surface area (Å²) in [6.45, 7) is 0.307. The number of thioether (sulfide) groups is 1. The number of benzene rings is 1. The number of carboxylic acids is 1. The maximum absolute atomic E-state index is 13.0. The number of nitrogens with zero attached hydrogens (tertiary/aromatic N) is 1. The highest BCUT2D eigenvalue weighted by molar-refractivity contribution is 8.26. The molecular formula is C24H19NO4S2. The Labute approximate surface area is 189 Å². The van der Waals surface area contributed by atoms with Crippen LogP contribution in [-0.4, -0.2) is 38.9 Å². The zero-order valence-corrected chi connectivity index (χ0v) is 18.1. The van der Waals surface area contributed by atoms with E-state index < -0.39 is 5.97 Å². The van der Waals surface area contributed by atoms with E-state index in [-0.39, 0.29) is 24.3 Å². The van der Waals surface area contributed by atoms with E-state index in [2.05, 4.69) is 24.3 Å². The first-order chi connectivity index (χ1) is 15.0. The molecule has 2 aliphatic heterocycles. The summed E-state index contributed by atoms with van der Waals surface area (Å²) >= 11 is 6.65. The Balaban J connectivity index is 1.50. The molecule has 4 aliphatic rings. The molecule has 2 unspecified atom stereocenters. The topological polar surface area (TPSA) is 66.8 Å². The number of ether oxygens (including phenoxy) is 1. The predicted molar refractivity (Wildman–Crippen MR) is 124 cm³/mol. The number of hydrogen-bond donors (Lipinski definition) is 1. The van der Waals surface area contributed by atoms with Crippen molar-refractivity contribution in [3.63, 3.8) is 0 Å². The Morgan fingerprint density at radius 1 is 1.29 bits per heavy atom. The van der Waals surface area contributed by atoms with Gasteiger partial charge in [-0.15, -0.1) is 0 Å². The van der Waals surface area contributed by atoms with Crippen LogP contribution in [0, 0.1) is 0 Å². The molecule has 156 valence electrons. The third kappa shape index (κ3) is 3.58. The van der Waals surface area contributed by atoms with Gasteiger partial charge in [-0.3, -0.25) is 14.5 Å². The third-order valence-electron chi connectivity index (χ3n) is 5.68. The SMILES string of the molecule is O=C(O)CCCN1C(=O)C(=CC2=C3OC4C=CC=CC4=CC3c3ccccc32)SC1=S. The molecule has 5 nitrogen and oxygen atoms in total. The minimum absolute atomic E-state index is 0.00627. The molecule has 1 fully saturated rings. The van der Waals surface area contributed by atoms with Gasteiger partial charge in [0.15, 0.2) is 0 Å². The first kappa shape index (κ1) is 20.0. The number of thiocarbonyl (C=S) groups is 1. The number of amides is 1. The quantitative estimate of drug-likeness (QED) is 0.525. The molecule has 1 aromatic rings. The van der Waals surface area contributed by atoms with Crippen molar-refractivity contribution in [1.29, 1.82) is 0 Å². The lowest BCUT2D eigenvalue weighted by Gasteiger charge is -2.29. The highest BCUT2D eigenvalue weighted by atomic mass is 32.2. The summed E-state index contributed by atoms with van der Waals surface area (Å²) < 4.78 is 6.86. The lowest BCUT2D eigenvalue weighted by atomic mass is 9.91. The van der Waals surface area contributed by atoms with E-state index in [1.807, 2.05) is 36.4 Å². The van der Waals surface area contributed by atoms with Gasteiger partial charge in [0.2, 0.25) is 0 Å². The number of fused-ring (bicyclic) bond motifs is 4. The molecule has 1 aromatic carbocycles. The Morgan fingerprint density at radius 2 is 2.13 bits per heavy atom. The van der Waals surface area contributed by atoms with E-state index in [4.69, 9.17) is 22.1 Å². The summed E-state index contributed by atoms with van der Waals surface area (Å²) in [6.07, 6.45) is 12.5. The van der Waals surface area contributed by atoms with Gasteiger partial charge >= 0.3 is 5.97 Å². The molecule has 1 N–H and O–H groups in total. The molecule has 2 heterocycles. The van der Waals surface area contributed by atoms with Gasteiger partial charge in [0, 0.05) is 18.5 Å². The molecule has 1 amide bonds. The van der Waals surface area contributed by atoms with Gasteiger partial charge in [-0.05, 0) is 35.3 Å². The molecule has 1 saturated heterocycles. The second-order valence-electron chi connectivity index (χ2n) is 7.62. The van der Waals surface area contributed by atoms with Crippen molar-refractivity contribution in [2.75, 3.05) is 6.54 Å². The molecule has 7 heteroatoms. The van der Waals surface area contributed by atoms with Crippen LogP contribution in [0.15, 0.2) is 77.0 Å². The van der Waals surface area contributed by atoms with Gasteiger partial charge < -0.3 is 9.84 Å². The monoisotopic (exact) mass is 449 g/mol. The van der Waals surface area contributed by atoms with Crippen molar-refractivity contribution in [3.8, 4) is 0 Å². The van der Waals surface area contributed by atoms with E-state index in [1.54, 1.807) is 0 Å². The smallest absolute Gasteiger partial charge is 0.303 e. The number of allylic oxidation sites excluding steroid dienone is 5. The highest BCUT2D eigenvalue weighted by Crippen LogP contribution is 2.49. The van der Waals surface area contributed by atoms with Crippen LogP contribution >= 0.6 is 24.0 Å². The lowest BCUT2D eigenvalue weighted by Crippen LogP contribution is -2.29. The summed E-state index contributed by atoms with van der Waals surface area (Å²) in [4.78, 5) is 25.8. The Hall–Kier alpha value is -2.90. The summed E-state index contributed by atoms with van der Waals surface area (Å²) in [5.74, 6) is -0.186. The first-order valence-corrected chi connectivity index (χ1v) is 11.3. The molecule has 5 rings (SSSR count). The Kier molecular flexibility index (Phi) is 5.16. The molecule has 31 heavy (non-hydrogen) atoms. The van der Waals surface area contributed by atoms with Crippen LogP contribution in [0.5, 0.6) is 0 Å². The van der Waals surface area contributed by atoms with Crippen LogP contribution in [0.1, 0.15) is 29.9 Å². The molecule has 0 aromatic heterocycles. The maximum Gasteiger partial charge on any atom is 0.303 e. The molecule has 2 aliphatic carbocycles. The highest BCUT2D eigenvalue weighted by Gasteiger charge is 2.38. The van der Waals surface area contributed by atoms with Crippen LogP contribution in [0.25, 0.3) is 5.57 Å². The third-order valence-corrected chi connectivity index (χ3v) is 7.06. The van der Waals surface area contributed by atoms with E-state index >= 15 is 0 Å². The summed E-state index contributed by atoms with van der Waals surface area (Å²) in [7, 11) is 0. The molecule has 0 spiro atoms. The summed E-state index contributed by atoms with van der Waals surface area (Å²) in [6, 6.07) is 8.16. The molecule has 2 atom stereocenters. The summed E-state index contributed by atoms with van der Waals surface area (Å²) in [5.41, 5.74) is 4.26. The van der Waals surface area contributed by atoms with E-state index in [9.17, 15) is 9.59 Å². The van der Waals surface area contributed by atoms with E-state index in [0.29, 0.717) is 22.2 Å². The van der Waals surface area contributed by atoms with Crippen molar-refractivity contribution in [3.05, 3.63) is 88.1 Å². The second-order valence-corrected chi connectivity index (χ2v) is 9.30. The second kappa shape index (κ2) is 7.98. The fourth-order valence-electron chi connectivity index (χ4n) is 4.24. The lowest BCUT2D eigenvalue weighted by molar-refractivity contribution is -0.137. The fourth-order valence-corrected chi connectivity index (χ4v) is 5.53. The van der Waals surface area contributed by atoms with Crippen molar-refractivity contribution in [2.24, 2.45) is 0 Å². The van der Waals surface area contributed by atoms with E-state index in [0.717, 1.165) is 28.0 Å². The van der Waals surface area contributed by atoms with Crippen LogP contribution < -0.4 is 0 Å². The average molecular weight is 450 g/mol. The van der Waals surface area contributed by atoms with Crippen molar-refractivity contribution in [2.45, 2.75) is 24.9 Å². The van der Waals surface area contributed by atoms with Crippen molar-refractivity contribution >= 4 is 45.7 Å². The van der Waals surface area contributed by atoms with Gasteiger partial charge in [0.05, 0.1) is 10.8 Å². The number of carbonyl (C=O) groups is 2. The van der Waals surface area contributed by atoms with Crippen molar-refractivity contribution in [1.82, 2.24) is 4.90 Å². The Bertz CT molecular complexity index is 1160. The minimum atomic E-state index is -0.880. The number of carboxylic acid groups (broad SMARTS) is 1. The fraction of sp³-hybridized carbons (Fsp3) is 0.208. The zero-order chi connectivity index (χ0) is 21.5. The number of hydrogen-bond acceptors (Lipinski definition) is 5. The van der Waals surface area contributed by atoms with Gasteiger partial charge in [0.25, 0.3) is 5.91 Å². The number of aliphatic carboxylic acids is 1. The first-order valence-electron chi connectivity index (χ1n) is 10.1. The maximum atomic E-state index is 13.0. The minimum Gasteiger partial charge on any atom is -0.484 e. The van der Waals surface area contributed by atoms with Crippen LogP contribution in [0.4, 0.5) is 0 Å². The summed E-state index contributed by atoms with van der Waals surface area (Å²) in [5, 5.41) is 8.86. The zero-order valence-electron chi connectivity index (χ0n) is 16.5. The van der Waals surface area contributed by atoms with Gasteiger partial charge in [0.1, 0.15) is 16.2 Å². The largest absolute Gasteiger partial charge is 0.484 e. The number of carbonyl (C=O) groups excluding carboxylic acids is 1. The average Bonchev–Trinajstić information content (AvgIpc) is 3.21. The standard InChI is InChI=1S/C24H19NO4S2/c26-21(27)10-5-11-25-23(28)20(31-24(25)30)13-18-16-8-3-2-7-15(16)17-12-14-6-1-4-9-19(14)29-22(17)18/h1-4,6-9,12-13,17,19H,5,10-11H2,(H,26,27). The number of rotatable bonds is 5. The predicted octanol–water partition coefficient (Wildman–Crippen LogP) is 4.56. The van der Waals surface area contributed by atoms with Gasteiger partial charge in [-0.2, -0.15) is 0 Å².